The topological polar surface area (TPSA) is 12.0 Å². The second kappa shape index (κ2) is 4.52. The van der Waals surface area contributed by atoms with Gasteiger partial charge in [-0.1, -0.05) is 25.4 Å². The van der Waals surface area contributed by atoms with Gasteiger partial charge in [0.15, 0.2) is 0 Å². The molecule has 3 heteroatoms. The first-order valence-corrected chi connectivity index (χ1v) is 6.26. The molecule has 0 aliphatic rings. The van der Waals surface area contributed by atoms with Crippen LogP contribution in [0, 0.1) is 0 Å². The summed E-state index contributed by atoms with van der Waals surface area (Å²) in [5.74, 6) is 0. The highest BCUT2D eigenvalue weighted by molar-refractivity contribution is 7.19. The maximum atomic E-state index is 5.94. The van der Waals surface area contributed by atoms with Crippen molar-refractivity contribution in [2.75, 3.05) is 0 Å². The van der Waals surface area contributed by atoms with Crippen molar-refractivity contribution in [3.63, 3.8) is 0 Å². The molecule has 2 aromatic rings. The van der Waals surface area contributed by atoms with Crippen molar-refractivity contribution in [3.05, 3.63) is 34.2 Å². The molecule has 0 radical (unpaired) electrons. The van der Waals surface area contributed by atoms with E-state index < -0.39 is 0 Å². The van der Waals surface area contributed by atoms with Gasteiger partial charge in [0.25, 0.3) is 0 Å². The third-order valence-corrected chi connectivity index (χ3v) is 3.57. The molecule has 1 nitrogen and oxygen atoms in total. The van der Waals surface area contributed by atoms with E-state index in [-0.39, 0.29) is 0 Å². The largest absolute Gasteiger partial charge is 0.310 e. The molecule has 0 spiro atoms. The minimum atomic E-state index is 0.527. The van der Waals surface area contributed by atoms with E-state index in [2.05, 4.69) is 31.3 Å². The lowest BCUT2D eigenvalue weighted by Crippen LogP contribution is -2.21. The SMILES string of the molecule is CC(C)NCc1cc2cc(Cl)ccc2s1. The van der Waals surface area contributed by atoms with Crippen molar-refractivity contribution in [1.29, 1.82) is 0 Å². The first-order valence-electron chi connectivity index (χ1n) is 5.06. The van der Waals surface area contributed by atoms with Crippen LogP contribution in [0.5, 0.6) is 0 Å². The van der Waals surface area contributed by atoms with E-state index in [4.69, 9.17) is 11.6 Å². The van der Waals surface area contributed by atoms with Gasteiger partial charge >= 0.3 is 0 Å². The summed E-state index contributed by atoms with van der Waals surface area (Å²) >= 11 is 7.77. The zero-order valence-corrected chi connectivity index (χ0v) is 10.5. The van der Waals surface area contributed by atoms with Gasteiger partial charge in [-0.05, 0) is 29.7 Å². The summed E-state index contributed by atoms with van der Waals surface area (Å²) in [5, 5.41) is 5.47. The fourth-order valence-corrected chi connectivity index (χ4v) is 2.64. The van der Waals surface area contributed by atoms with Crippen molar-refractivity contribution in [2.45, 2.75) is 26.4 Å². The number of hydrogen-bond acceptors (Lipinski definition) is 2. The van der Waals surface area contributed by atoms with Crippen LogP contribution >= 0.6 is 22.9 Å². The Morgan fingerprint density at radius 1 is 1.33 bits per heavy atom. The summed E-state index contributed by atoms with van der Waals surface area (Å²) in [6.07, 6.45) is 0. The van der Waals surface area contributed by atoms with Gasteiger partial charge in [-0.3, -0.25) is 0 Å². The van der Waals surface area contributed by atoms with Gasteiger partial charge in [0.1, 0.15) is 0 Å². The lowest BCUT2D eigenvalue weighted by Gasteiger charge is -2.04. The van der Waals surface area contributed by atoms with E-state index in [1.54, 1.807) is 0 Å². The van der Waals surface area contributed by atoms with E-state index in [0.717, 1.165) is 11.6 Å². The molecule has 0 fully saturated rings. The molecule has 0 saturated heterocycles. The quantitative estimate of drug-likeness (QED) is 0.852. The summed E-state index contributed by atoms with van der Waals surface area (Å²) in [6.45, 7) is 5.25. The zero-order chi connectivity index (χ0) is 10.8. The van der Waals surface area contributed by atoms with E-state index in [1.807, 2.05) is 23.5 Å². The highest BCUT2D eigenvalue weighted by atomic mass is 35.5. The molecule has 1 aromatic heterocycles. The Morgan fingerprint density at radius 3 is 2.87 bits per heavy atom. The zero-order valence-electron chi connectivity index (χ0n) is 8.88. The Hall–Kier alpha value is -0.570. The normalized spacial score (nSPS) is 11.5. The Morgan fingerprint density at radius 2 is 2.13 bits per heavy atom. The second-order valence-electron chi connectivity index (χ2n) is 3.93. The van der Waals surface area contributed by atoms with Crippen LogP contribution in [-0.4, -0.2) is 6.04 Å². The van der Waals surface area contributed by atoms with Crippen molar-refractivity contribution < 1.29 is 0 Å². The minimum Gasteiger partial charge on any atom is -0.310 e. The lowest BCUT2D eigenvalue weighted by molar-refractivity contribution is 0.593. The summed E-state index contributed by atoms with van der Waals surface area (Å²) in [7, 11) is 0. The third kappa shape index (κ3) is 2.71. The fraction of sp³-hybridized carbons (Fsp3) is 0.333. The van der Waals surface area contributed by atoms with Crippen LogP contribution in [0.2, 0.25) is 5.02 Å². The monoisotopic (exact) mass is 239 g/mol. The van der Waals surface area contributed by atoms with Gasteiger partial charge in [0, 0.05) is 27.2 Å². The van der Waals surface area contributed by atoms with E-state index >= 15 is 0 Å². The third-order valence-electron chi connectivity index (χ3n) is 2.21. The van der Waals surface area contributed by atoms with Gasteiger partial charge in [0.2, 0.25) is 0 Å². The highest BCUT2D eigenvalue weighted by Gasteiger charge is 2.02. The summed E-state index contributed by atoms with van der Waals surface area (Å²) in [5.41, 5.74) is 0. The number of nitrogens with one attached hydrogen (secondary N) is 1. The molecule has 80 valence electrons. The number of rotatable bonds is 3. The smallest absolute Gasteiger partial charge is 0.0412 e. The first-order chi connectivity index (χ1) is 7.15. The maximum Gasteiger partial charge on any atom is 0.0412 e. The van der Waals surface area contributed by atoms with Crippen LogP contribution in [0.3, 0.4) is 0 Å². The molecule has 1 aromatic carbocycles. The van der Waals surface area contributed by atoms with Crippen molar-refractivity contribution in [2.24, 2.45) is 0 Å². The fourth-order valence-electron chi connectivity index (χ4n) is 1.46. The molecule has 15 heavy (non-hydrogen) atoms. The molecule has 1 N–H and O–H groups in total. The Kier molecular flexibility index (Phi) is 3.29. The predicted molar refractivity (Wildman–Crippen MR) is 68.8 cm³/mol. The Balaban J connectivity index is 2.23. The molecule has 0 atom stereocenters. The van der Waals surface area contributed by atoms with E-state index in [9.17, 15) is 0 Å². The summed E-state index contributed by atoms with van der Waals surface area (Å²) in [6, 6.07) is 8.79. The Bertz CT molecular complexity index is 462. The van der Waals surface area contributed by atoms with Gasteiger partial charge in [-0.15, -0.1) is 11.3 Å². The van der Waals surface area contributed by atoms with Gasteiger partial charge < -0.3 is 5.32 Å². The molecule has 0 aliphatic heterocycles. The Labute approximate surface area is 99.1 Å². The number of thiophene rings is 1. The molecular weight excluding hydrogens is 226 g/mol. The molecular formula is C12H14ClNS. The van der Waals surface area contributed by atoms with Gasteiger partial charge in [0.05, 0.1) is 0 Å². The lowest BCUT2D eigenvalue weighted by atomic mass is 10.2. The van der Waals surface area contributed by atoms with Crippen molar-refractivity contribution in [3.8, 4) is 0 Å². The summed E-state index contributed by atoms with van der Waals surface area (Å²) < 4.78 is 1.31. The number of benzene rings is 1. The molecule has 0 saturated carbocycles. The van der Waals surface area contributed by atoms with Crippen LogP contribution in [0.25, 0.3) is 10.1 Å². The standard InChI is InChI=1S/C12H14ClNS/c1-8(2)14-7-11-6-9-5-10(13)3-4-12(9)15-11/h3-6,8,14H,7H2,1-2H3. The molecule has 2 rings (SSSR count). The number of fused-ring (bicyclic) bond motifs is 1. The van der Waals surface area contributed by atoms with Gasteiger partial charge in [-0.2, -0.15) is 0 Å². The molecule has 0 unspecified atom stereocenters. The predicted octanol–water partition coefficient (Wildman–Crippen LogP) is 4.05. The highest BCUT2D eigenvalue weighted by Crippen LogP contribution is 2.27. The molecule has 0 amide bonds. The number of halogens is 1. The van der Waals surface area contributed by atoms with Crippen molar-refractivity contribution in [1.82, 2.24) is 5.32 Å². The minimum absolute atomic E-state index is 0.527. The van der Waals surface area contributed by atoms with Crippen molar-refractivity contribution >= 4 is 33.0 Å². The van der Waals surface area contributed by atoms with Crippen LogP contribution in [0.4, 0.5) is 0 Å². The van der Waals surface area contributed by atoms with Crippen LogP contribution in [0.15, 0.2) is 24.3 Å². The van der Waals surface area contributed by atoms with Crippen LogP contribution in [0.1, 0.15) is 18.7 Å². The molecule has 0 bridgehead atoms. The average Bonchev–Trinajstić information content (AvgIpc) is 2.56. The molecule has 0 aliphatic carbocycles. The van der Waals surface area contributed by atoms with Crippen LogP contribution < -0.4 is 5.32 Å². The van der Waals surface area contributed by atoms with Crippen LogP contribution in [-0.2, 0) is 6.54 Å². The van der Waals surface area contributed by atoms with Gasteiger partial charge in [-0.25, -0.2) is 0 Å². The van der Waals surface area contributed by atoms with E-state index in [0.29, 0.717) is 6.04 Å². The average molecular weight is 240 g/mol. The molecule has 1 heterocycles. The second-order valence-corrected chi connectivity index (χ2v) is 5.54. The summed E-state index contributed by atoms with van der Waals surface area (Å²) in [4.78, 5) is 1.36. The number of hydrogen-bond donors (Lipinski definition) is 1. The maximum absolute atomic E-state index is 5.94. The first kappa shape index (κ1) is 10.9. The van der Waals surface area contributed by atoms with E-state index in [1.165, 1.54) is 15.0 Å².